The van der Waals surface area contributed by atoms with Gasteiger partial charge in [0.2, 0.25) is 5.91 Å². The molecule has 0 saturated carbocycles. The highest BCUT2D eigenvalue weighted by molar-refractivity contribution is 7.87. The van der Waals surface area contributed by atoms with Crippen molar-refractivity contribution in [3.63, 3.8) is 0 Å². The number of hydrogen-bond acceptors (Lipinski definition) is 4. The first-order chi connectivity index (χ1) is 7.80. The molecule has 1 unspecified atom stereocenters. The lowest BCUT2D eigenvalue weighted by atomic mass is 10.2. The normalized spacial score (nSPS) is 21.2. The summed E-state index contributed by atoms with van der Waals surface area (Å²) in [6, 6.07) is 0. The Morgan fingerprint density at radius 1 is 1.47 bits per heavy atom. The molecule has 94 valence electrons. The van der Waals surface area contributed by atoms with Crippen LogP contribution in [0.2, 0.25) is 0 Å². The van der Waals surface area contributed by atoms with E-state index in [-0.39, 0.29) is 13.0 Å². The summed E-state index contributed by atoms with van der Waals surface area (Å²) >= 11 is 0. The largest absolute Gasteiger partial charge is 0.307 e. The van der Waals surface area contributed by atoms with Crippen LogP contribution in [0, 0.1) is 13.8 Å². The maximum Gasteiger partial charge on any atom is 0.307 e. The first kappa shape index (κ1) is 12.0. The summed E-state index contributed by atoms with van der Waals surface area (Å²) in [5, 5.41) is 5.34. The van der Waals surface area contributed by atoms with E-state index in [0.29, 0.717) is 5.82 Å². The van der Waals surface area contributed by atoms with Gasteiger partial charge in [0.25, 0.3) is 0 Å². The van der Waals surface area contributed by atoms with Crippen LogP contribution in [-0.2, 0) is 15.0 Å². The predicted molar refractivity (Wildman–Crippen MR) is 58.8 cm³/mol. The summed E-state index contributed by atoms with van der Waals surface area (Å²) in [5.74, 6) is -0.0514. The maximum absolute atomic E-state index is 12.8. The highest BCUT2D eigenvalue weighted by Crippen LogP contribution is 2.27. The summed E-state index contributed by atoms with van der Waals surface area (Å²) in [5.41, 5.74) is 1.55. The van der Waals surface area contributed by atoms with E-state index >= 15 is 0 Å². The van der Waals surface area contributed by atoms with Crippen LogP contribution in [0.5, 0.6) is 0 Å². The van der Waals surface area contributed by atoms with Crippen LogP contribution in [0.25, 0.3) is 0 Å². The van der Waals surface area contributed by atoms with Gasteiger partial charge in [-0.1, -0.05) is 0 Å². The Balaban J connectivity index is 2.31. The molecule has 1 aliphatic rings. The third-order valence-electron chi connectivity index (χ3n) is 2.97. The van der Waals surface area contributed by atoms with Crippen LogP contribution >= 0.6 is 0 Å². The lowest BCUT2D eigenvalue weighted by molar-refractivity contribution is -0.117. The van der Waals surface area contributed by atoms with E-state index in [1.807, 2.05) is 0 Å². The number of nitrogens with zero attached hydrogens (tertiary/aromatic N) is 2. The highest BCUT2D eigenvalue weighted by atomic mass is 32.3. The number of aromatic nitrogens is 2. The van der Waals surface area contributed by atoms with Gasteiger partial charge < -0.3 is 0 Å². The van der Waals surface area contributed by atoms with Crippen LogP contribution in [-0.4, -0.2) is 36.3 Å². The van der Waals surface area contributed by atoms with Crippen molar-refractivity contribution in [1.82, 2.24) is 10.2 Å². The van der Waals surface area contributed by atoms with Crippen molar-refractivity contribution in [3.05, 3.63) is 11.3 Å². The molecule has 1 aromatic rings. The molecule has 0 radical (unpaired) electrons. The van der Waals surface area contributed by atoms with Gasteiger partial charge >= 0.3 is 10.2 Å². The maximum atomic E-state index is 12.8. The van der Waals surface area contributed by atoms with Gasteiger partial charge in [0.1, 0.15) is 5.25 Å². The standard InChI is InChI=1S/C9H12FN3O3S/c1-5-6(2)11-12-9(5)13-4-7(3-8(13)14)17(10,15)16/h7H,3-4H2,1-2H3,(H,11,12). The Morgan fingerprint density at radius 2 is 2.12 bits per heavy atom. The second kappa shape index (κ2) is 3.80. The van der Waals surface area contributed by atoms with E-state index in [9.17, 15) is 17.1 Å². The van der Waals surface area contributed by atoms with Gasteiger partial charge in [0.05, 0.1) is 0 Å². The first-order valence-corrected chi connectivity index (χ1v) is 6.50. The zero-order chi connectivity index (χ0) is 12.8. The number of aromatic amines is 1. The fourth-order valence-electron chi connectivity index (χ4n) is 1.80. The van der Waals surface area contributed by atoms with Gasteiger partial charge in [-0.15, -0.1) is 3.89 Å². The smallest absolute Gasteiger partial charge is 0.294 e. The summed E-state index contributed by atoms with van der Waals surface area (Å²) in [6.07, 6.45) is -0.329. The van der Waals surface area contributed by atoms with Crippen LogP contribution in [0.3, 0.4) is 0 Å². The fraction of sp³-hybridized carbons (Fsp3) is 0.556. The van der Waals surface area contributed by atoms with Crippen molar-refractivity contribution in [2.45, 2.75) is 25.5 Å². The number of aryl methyl sites for hydroxylation is 1. The summed E-state index contributed by atoms with van der Waals surface area (Å²) < 4.78 is 34.4. The average Bonchev–Trinajstić information content (AvgIpc) is 2.72. The van der Waals surface area contributed by atoms with E-state index in [1.54, 1.807) is 13.8 Å². The van der Waals surface area contributed by atoms with Crippen LogP contribution in [0.4, 0.5) is 9.70 Å². The Morgan fingerprint density at radius 3 is 2.53 bits per heavy atom. The lowest BCUT2D eigenvalue weighted by Gasteiger charge is -2.13. The molecule has 8 heteroatoms. The summed E-state index contributed by atoms with van der Waals surface area (Å²) in [7, 11) is -4.68. The number of amides is 1. The third-order valence-corrected chi connectivity index (χ3v) is 4.08. The highest BCUT2D eigenvalue weighted by Gasteiger charge is 2.40. The zero-order valence-electron chi connectivity index (χ0n) is 9.40. The molecule has 1 fully saturated rings. The minimum Gasteiger partial charge on any atom is -0.294 e. The van der Waals surface area contributed by atoms with Gasteiger partial charge in [0, 0.05) is 24.2 Å². The van der Waals surface area contributed by atoms with E-state index in [0.717, 1.165) is 11.3 Å². The molecule has 1 aliphatic heterocycles. The molecule has 0 aromatic carbocycles. The number of anilines is 1. The number of hydrogen-bond donors (Lipinski definition) is 1. The number of rotatable bonds is 2. The van der Waals surface area contributed by atoms with Crippen molar-refractivity contribution < 1.29 is 17.1 Å². The molecule has 1 N–H and O–H groups in total. The molecule has 0 spiro atoms. The molecule has 1 amide bonds. The number of nitrogens with one attached hydrogen (secondary N) is 1. The topological polar surface area (TPSA) is 83.1 Å². The third kappa shape index (κ3) is 2.04. The molecule has 0 aliphatic carbocycles. The average molecular weight is 261 g/mol. The van der Waals surface area contributed by atoms with Crippen LogP contribution in [0.15, 0.2) is 0 Å². The van der Waals surface area contributed by atoms with E-state index in [2.05, 4.69) is 10.2 Å². The quantitative estimate of drug-likeness (QED) is 0.783. The van der Waals surface area contributed by atoms with Gasteiger partial charge in [-0.05, 0) is 13.8 Å². The molecular formula is C9H12FN3O3S. The second-order valence-corrected chi connectivity index (χ2v) is 5.72. The predicted octanol–water partition coefficient (Wildman–Crippen LogP) is 0.431. The molecule has 2 rings (SSSR count). The molecular weight excluding hydrogens is 249 g/mol. The SMILES string of the molecule is Cc1[nH]nc(N2CC(S(=O)(=O)F)CC2=O)c1C. The Hall–Kier alpha value is -1.44. The molecule has 1 aromatic heterocycles. The Labute approximate surface area is 98.0 Å². The van der Waals surface area contributed by atoms with E-state index in [1.165, 1.54) is 4.90 Å². The van der Waals surface area contributed by atoms with Crippen molar-refractivity contribution in [2.75, 3.05) is 11.4 Å². The molecule has 1 saturated heterocycles. The van der Waals surface area contributed by atoms with Gasteiger partial charge in [-0.2, -0.15) is 13.5 Å². The Bertz CT molecular complexity index is 566. The first-order valence-electron chi connectivity index (χ1n) is 5.06. The van der Waals surface area contributed by atoms with Crippen LogP contribution < -0.4 is 4.90 Å². The molecule has 0 bridgehead atoms. The summed E-state index contributed by atoms with van der Waals surface area (Å²) in [6.45, 7) is 3.37. The van der Waals surface area contributed by atoms with Crippen molar-refractivity contribution >= 4 is 21.9 Å². The Kier molecular flexibility index (Phi) is 2.69. The monoisotopic (exact) mass is 261 g/mol. The lowest BCUT2D eigenvalue weighted by Crippen LogP contribution is -2.27. The zero-order valence-corrected chi connectivity index (χ0v) is 10.2. The van der Waals surface area contributed by atoms with E-state index in [4.69, 9.17) is 0 Å². The number of carbonyl (C=O) groups excluding carboxylic acids is 1. The fourth-order valence-corrected chi connectivity index (χ4v) is 2.47. The number of halogens is 1. The number of carbonyl (C=O) groups is 1. The number of H-pyrrole nitrogens is 1. The molecule has 17 heavy (non-hydrogen) atoms. The van der Waals surface area contributed by atoms with Crippen LogP contribution in [0.1, 0.15) is 17.7 Å². The molecule has 6 nitrogen and oxygen atoms in total. The minimum absolute atomic E-state index is 0.178. The van der Waals surface area contributed by atoms with Gasteiger partial charge in [0.15, 0.2) is 5.82 Å². The van der Waals surface area contributed by atoms with Crippen molar-refractivity contribution in [3.8, 4) is 0 Å². The summed E-state index contributed by atoms with van der Waals surface area (Å²) in [4.78, 5) is 12.8. The van der Waals surface area contributed by atoms with Crippen molar-refractivity contribution in [2.24, 2.45) is 0 Å². The molecule has 2 heterocycles. The van der Waals surface area contributed by atoms with Gasteiger partial charge in [-0.25, -0.2) is 0 Å². The second-order valence-electron chi connectivity index (χ2n) is 4.10. The van der Waals surface area contributed by atoms with Gasteiger partial charge in [-0.3, -0.25) is 14.8 Å². The minimum atomic E-state index is -4.68. The molecule has 1 atom stereocenters. The van der Waals surface area contributed by atoms with Crippen molar-refractivity contribution in [1.29, 1.82) is 0 Å². The van der Waals surface area contributed by atoms with E-state index < -0.39 is 21.4 Å².